The van der Waals surface area contributed by atoms with Crippen LogP contribution in [0.5, 0.6) is 0 Å². The molecule has 4 heteroatoms. The van der Waals surface area contributed by atoms with Crippen LogP contribution in [0.2, 0.25) is 0 Å². The number of carbonyl (C=O) groups excluding carboxylic acids is 1. The lowest BCUT2D eigenvalue weighted by Gasteiger charge is -2.42. The summed E-state index contributed by atoms with van der Waals surface area (Å²) in [6, 6.07) is 13.9. The van der Waals surface area contributed by atoms with Gasteiger partial charge in [-0.05, 0) is 43.8 Å². The molecule has 0 radical (unpaired) electrons. The van der Waals surface area contributed by atoms with Crippen LogP contribution in [-0.2, 0) is 4.74 Å². The van der Waals surface area contributed by atoms with Crippen molar-refractivity contribution in [3.8, 4) is 0 Å². The highest BCUT2D eigenvalue weighted by Gasteiger charge is 2.35. The van der Waals surface area contributed by atoms with Crippen molar-refractivity contribution in [3.05, 3.63) is 48.0 Å². The number of nitrogens with one attached hydrogen (secondary N) is 1. The summed E-state index contributed by atoms with van der Waals surface area (Å²) in [7, 11) is 4.16. The predicted molar refractivity (Wildman–Crippen MR) is 92.8 cm³/mol. The fraction of sp³-hybridized carbons (Fsp3) is 0.421. The SMILES string of the molecule is CN(C)C1(CNC(=O)c2cccc3ccccc23)CCOCC1. The van der Waals surface area contributed by atoms with E-state index in [0.717, 1.165) is 42.4 Å². The number of likely N-dealkylation sites (N-methyl/N-ethyl adjacent to an activating group) is 1. The number of rotatable bonds is 4. The summed E-state index contributed by atoms with van der Waals surface area (Å²) in [4.78, 5) is 14.9. The number of benzene rings is 2. The van der Waals surface area contributed by atoms with E-state index in [9.17, 15) is 4.79 Å². The third-order valence-corrected chi connectivity index (χ3v) is 4.98. The Kier molecular flexibility index (Phi) is 4.64. The van der Waals surface area contributed by atoms with Crippen molar-refractivity contribution in [1.82, 2.24) is 10.2 Å². The lowest BCUT2D eigenvalue weighted by Crippen LogP contribution is -2.55. The number of amides is 1. The van der Waals surface area contributed by atoms with Crippen molar-refractivity contribution >= 4 is 16.7 Å². The lowest BCUT2D eigenvalue weighted by molar-refractivity contribution is -0.00657. The van der Waals surface area contributed by atoms with Gasteiger partial charge in [0.1, 0.15) is 0 Å². The number of ether oxygens (including phenoxy) is 1. The van der Waals surface area contributed by atoms with E-state index in [1.165, 1.54) is 0 Å². The second-order valence-electron chi connectivity index (χ2n) is 6.44. The van der Waals surface area contributed by atoms with Gasteiger partial charge in [0.2, 0.25) is 0 Å². The minimum Gasteiger partial charge on any atom is -0.381 e. The zero-order valence-corrected chi connectivity index (χ0v) is 13.8. The molecule has 1 saturated heterocycles. The van der Waals surface area contributed by atoms with Crippen LogP contribution in [-0.4, -0.2) is 50.2 Å². The molecule has 122 valence electrons. The van der Waals surface area contributed by atoms with Crippen LogP contribution in [0.3, 0.4) is 0 Å². The van der Waals surface area contributed by atoms with Crippen LogP contribution in [0.25, 0.3) is 10.8 Å². The monoisotopic (exact) mass is 312 g/mol. The van der Waals surface area contributed by atoms with Gasteiger partial charge in [-0.15, -0.1) is 0 Å². The van der Waals surface area contributed by atoms with E-state index < -0.39 is 0 Å². The molecule has 1 heterocycles. The number of hydrogen-bond donors (Lipinski definition) is 1. The summed E-state index contributed by atoms with van der Waals surface area (Å²) in [6.07, 6.45) is 1.88. The molecule has 23 heavy (non-hydrogen) atoms. The van der Waals surface area contributed by atoms with E-state index in [1.54, 1.807) is 0 Å². The summed E-state index contributed by atoms with van der Waals surface area (Å²) in [5.74, 6) is -0.00508. The highest BCUT2D eigenvalue weighted by Crippen LogP contribution is 2.25. The maximum absolute atomic E-state index is 12.7. The Morgan fingerprint density at radius 2 is 1.83 bits per heavy atom. The first-order valence-electron chi connectivity index (χ1n) is 8.14. The average molecular weight is 312 g/mol. The van der Waals surface area contributed by atoms with Crippen LogP contribution in [0.1, 0.15) is 23.2 Å². The molecule has 0 bridgehead atoms. The second-order valence-corrected chi connectivity index (χ2v) is 6.44. The van der Waals surface area contributed by atoms with Crippen LogP contribution >= 0.6 is 0 Å². The van der Waals surface area contributed by atoms with Crippen molar-refractivity contribution in [2.24, 2.45) is 0 Å². The molecular weight excluding hydrogens is 288 g/mol. The van der Waals surface area contributed by atoms with E-state index >= 15 is 0 Å². The highest BCUT2D eigenvalue weighted by atomic mass is 16.5. The molecular formula is C19H24N2O2. The van der Waals surface area contributed by atoms with Crippen molar-refractivity contribution < 1.29 is 9.53 Å². The molecule has 0 aromatic heterocycles. The molecule has 1 N–H and O–H groups in total. The number of nitrogens with zero attached hydrogens (tertiary/aromatic N) is 1. The van der Waals surface area contributed by atoms with Gasteiger partial charge in [0.15, 0.2) is 0 Å². The summed E-state index contributed by atoms with van der Waals surface area (Å²) < 4.78 is 5.48. The van der Waals surface area contributed by atoms with E-state index in [0.29, 0.717) is 6.54 Å². The van der Waals surface area contributed by atoms with E-state index in [1.807, 2.05) is 42.5 Å². The molecule has 0 saturated carbocycles. The van der Waals surface area contributed by atoms with Gasteiger partial charge < -0.3 is 15.0 Å². The first kappa shape index (κ1) is 16.0. The largest absolute Gasteiger partial charge is 0.381 e. The topological polar surface area (TPSA) is 41.6 Å². The van der Waals surface area contributed by atoms with Gasteiger partial charge in [0, 0.05) is 30.9 Å². The Morgan fingerprint density at radius 3 is 2.57 bits per heavy atom. The Bertz CT molecular complexity index is 685. The van der Waals surface area contributed by atoms with Gasteiger partial charge in [-0.25, -0.2) is 0 Å². The minimum absolute atomic E-state index is 0.00508. The number of fused-ring (bicyclic) bond motifs is 1. The summed E-state index contributed by atoms with van der Waals surface area (Å²) in [5.41, 5.74) is 0.724. The molecule has 0 atom stereocenters. The molecule has 3 rings (SSSR count). The molecule has 1 amide bonds. The maximum Gasteiger partial charge on any atom is 0.251 e. The summed E-state index contributed by atoms with van der Waals surface area (Å²) in [6.45, 7) is 2.15. The predicted octanol–water partition coefficient (Wildman–Crippen LogP) is 2.68. The number of hydrogen-bond acceptors (Lipinski definition) is 3. The first-order valence-corrected chi connectivity index (χ1v) is 8.14. The molecule has 1 fully saturated rings. The normalized spacial score (nSPS) is 17.3. The Hall–Kier alpha value is -1.91. The zero-order chi connectivity index (χ0) is 16.3. The van der Waals surface area contributed by atoms with Crippen LogP contribution in [0, 0.1) is 0 Å². The third-order valence-electron chi connectivity index (χ3n) is 4.98. The van der Waals surface area contributed by atoms with Gasteiger partial charge >= 0.3 is 0 Å². The summed E-state index contributed by atoms with van der Waals surface area (Å²) >= 11 is 0. The van der Waals surface area contributed by atoms with Gasteiger partial charge in [-0.2, -0.15) is 0 Å². The van der Waals surface area contributed by atoms with Crippen LogP contribution in [0.4, 0.5) is 0 Å². The van der Waals surface area contributed by atoms with Gasteiger partial charge in [0.05, 0.1) is 0 Å². The molecule has 2 aromatic carbocycles. The van der Waals surface area contributed by atoms with Crippen LogP contribution < -0.4 is 5.32 Å². The average Bonchev–Trinajstić information content (AvgIpc) is 2.60. The van der Waals surface area contributed by atoms with Crippen molar-refractivity contribution in [2.45, 2.75) is 18.4 Å². The quantitative estimate of drug-likeness (QED) is 0.944. The van der Waals surface area contributed by atoms with Crippen molar-refractivity contribution in [1.29, 1.82) is 0 Å². The van der Waals surface area contributed by atoms with Crippen molar-refractivity contribution in [3.63, 3.8) is 0 Å². The number of carbonyl (C=O) groups is 1. The fourth-order valence-electron chi connectivity index (χ4n) is 3.30. The van der Waals surface area contributed by atoms with Gasteiger partial charge in [0.25, 0.3) is 5.91 Å². The van der Waals surface area contributed by atoms with E-state index in [4.69, 9.17) is 4.74 Å². The summed E-state index contributed by atoms with van der Waals surface area (Å²) in [5, 5.41) is 5.24. The van der Waals surface area contributed by atoms with E-state index in [2.05, 4.69) is 24.3 Å². The van der Waals surface area contributed by atoms with Crippen LogP contribution in [0.15, 0.2) is 42.5 Å². The van der Waals surface area contributed by atoms with Gasteiger partial charge in [-0.3, -0.25) is 4.79 Å². The smallest absolute Gasteiger partial charge is 0.251 e. The lowest BCUT2D eigenvalue weighted by atomic mass is 9.88. The molecule has 1 aliphatic heterocycles. The molecule has 0 spiro atoms. The Morgan fingerprint density at radius 1 is 1.13 bits per heavy atom. The second kappa shape index (κ2) is 6.69. The first-order chi connectivity index (χ1) is 11.1. The third kappa shape index (κ3) is 3.23. The zero-order valence-electron chi connectivity index (χ0n) is 13.8. The Labute approximate surface area is 137 Å². The molecule has 0 unspecified atom stereocenters. The van der Waals surface area contributed by atoms with Crippen molar-refractivity contribution in [2.75, 3.05) is 33.9 Å². The fourth-order valence-corrected chi connectivity index (χ4v) is 3.30. The molecule has 2 aromatic rings. The van der Waals surface area contributed by atoms with Gasteiger partial charge in [-0.1, -0.05) is 36.4 Å². The molecule has 4 nitrogen and oxygen atoms in total. The molecule has 1 aliphatic rings. The minimum atomic E-state index is -0.0154. The highest BCUT2D eigenvalue weighted by molar-refractivity contribution is 6.07. The van der Waals surface area contributed by atoms with E-state index in [-0.39, 0.29) is 11.4 Å². The molecule has 0 aliphatic carbocycles. The Balaban J connectivity index is 1.78. The maximum atomic E-state index is 12.7. The standard InChI is InChI=1S/C19H24N2O2/c1-21(2)19(10-12-23-13-11-19)14-20-18(22)17-9-5-7-15-6-3-4-8-16(15)17/h3-9H,10-14H2,1-2H3,(H,20,22).